The third-order valence-corrected chi connectivity index (χ3v) is 2.08. The molecule has 5 nitrogen and oxygen atoms in total. The Balaban J connectivity index is 3.12. The van der Waals surface area contributed by atoms with Gasteiger partial charge in [-0.2, -0.15) is 0 Å². The van der Waals surface area contributed by atoms with Crippen molar-refractivity contribution in [3.63, 3.8) is 0 Å². The van der Waals surface area contributed by atoms with Gasteiger partial charge in [0.25, 0.3) is 6.43 Å². The summed E-state index contributed by atoms with van der Waals surface area (Å²) in [6, 6.07) is 0. The molecule has 1 aromatic heterocycles. The van der Waals surface area contributed by atoms with Gasteiger partial charge < -0.3 is 15.6 Å². The first kappa shape index (κ1) is 13.1. The molecule has 17 heavy (non-hydrogen) atoms. The lowest BCUT2D eigenvalue weighted by atomic mass is 10.1. The van der Waals surface area contributed by atoms with E-state index >= 15 is 0 Å². The number of esters is 1. The van der Waals surface area contributed by atoms with Crippen molar-refractivity contribution in [3.05, 3.63) is 17.3 Å². The number of hydrogen-bond donors (Lipinski definition) is 2. The van der Waals surface area contributed by atoms with Crippen molar-refractivity contribution < 1.29 is 23.4 Å². The minimum atomic E-state index is -2.92. The maximum absolute atomic E-state index is 12.7. The van der Waals surface area contributed by atoms with Crippen LogP contribution in [0.2, 0.25) is 0 Å². The van der Waals surface area contributed by atoms with E-state index in [1.165, 1.54) is 0 Å². The summed E-state index contributed by atoms with van der Waals surface area (Å²) in [4.78, 5) is 14.6. The van der Waals surface area contributed by atoms with Gasteiger partial charge in [0.05, 0.1) is 24.8 Å². The fourth-order valence-corrected chi connectivity index (χ4v) is 1.36. The van der Waals surface area contributed by atoms with Crippen LogP contribution in [0.25, 0.3) is 0 Å². The Labute approximate surface area is 96.2 Å². The predicted octanol–water partition coefficient (Wildman–Crippen LogP) is 1.41. The molecular formula is C10H12F2N2O3. The van der Waals surface area contributed by atoms with Crippen molar-refractivity contribution in [2.24, 2.45) is 0 Å². The van der Waals surface area contributed by atoms with Gasteiger partial charge in [0.1, 0.15) is 11.6 Å². The molecule has 0 aliphatic rings. The zero-order valence-electron chi connectivity index (χ0n) is 9.11. The minimum Gasteiger partial charge on any atom is -0.506 e. The molecule has 3 N–H and O–H groups in total. The molecule has 0 spiro atoms. The van der Waals surface area contributed by atoms with Crippen molar-refractivity contribution in [2.75, 3.05) is 12.3 Å². The Morgan fingerprint density at radius 1 is 1.65 bits per heavy atom. The normalized spacial score (nSPS) is 10.6. The SMILES string of the molecule is CCOC(=O)Cc1c(O)cnc(N)c1C(F)F. The van der Waals surface area contributed by atoms with Crippen molar-refractivity contribution in [1.29, 1.82) is 0 Å². The van der Waals surface area contributed by atoms with Crippen LogP contribution in [0.3, 0.4) is 0 Å². The fourth-order valence-electron chi connectivity index (χ4n) is 1.36. The highest BCUT2D eigenvalue weighted by molar-refractivity contribution is 5.75. The first-order valence-electron chi connectivity index (χ1n) is 4.87. The lowest BCUT2D eigenvalue weighted by molar-refractivity contribution is -0.142. The molecule has 0 aliphatic carbocycles. The highest BCUT2D eigenvalue weighted by Gasteiger charge is 2.23. The summed E-state index contributed by atoms with van der Waals surface area (Å²) in [5.74, 6) is -1.62. The lowest BCUT2D eigenvalue weighted by Gasteiger charge is -2.11. The van der Waals surface area contributed by atoms with Gasteiger partial charge in [0.2, 0.25) is 0 Å². The van der Waals surface area contributed by atoms with E-state index < -0.39 is 35.9 Å². The number of nitrogens with zero attached hydrogens (tertiary/aromatic N) is 1. The molecule has 0 fully saturated rings. The fraction of sp³-hybridized carbons (Fsp3) is 0.400. The Bertz CT molecular complexity index is 424. The molecule has 0 atom stereocenters. The Morgan fingerprint density at radius 2 is 2.29 bits per heavy atom. The van der Waals surface area contributed by atoms with E-state index in [0.29, 0.717) is 0 Å². The van der Waals surface area contributed by atoms with Gasteiger partial charge in [-0.1, -0.05) is 0 Å². The second-order valence-electron chi connectivity index (χ2n) is 3.20. The van der Waals surface area contributed by atoms with Gasteiger partial charge in [-0.15, -0.1) is 0 Å². The second kappa shape index (κ2) is 5.42. The van der Waals surface area contributed by atoms with Crippen molar-refractivity contribution in [1.82, 2.24) is 4.98 Å². The molecule has 0 unspecified atom stereocenters. The number of anilines is 1. The van der Waals surface area contributed by atoms with Crippen LogP contribution in [0.15, 0.2) is 6.20 Å². The highest BCUT2D eigenvalue weighted by Crippen LogP contribution is 2.32. The van der Waals surface area contributed by atoms with Crippen LogP contribution in [0, 0.1) is 0 Å². The Kier molecular flexibility index (Phi) is 4.19. The monoisotopic (exact) mass is 246 g/mol. The van der Waals surface area contributed by atoms with E-state index in [1.54, 1.807) is 6.92 Å². The van der Waals surface area contributed by atoms with E-state index in [2.05, 4.69) is 9.72 Å². The summed E-state index contributed by atoms with van der Waals surface area (Å²) < 4.78 is 30.1. The molecule has 0 aromatic carbocycles. The van der Waals surface area contributed by atoms with E-state index in [-0.39, 0.29) is 12.2 Å². The van der Waals surface area contributed by atoms with Gasteiger partial charge in [-0.05, 0) is 6.92 Å². The average Bonchev–Trinajstić information content (AvgIpc) is 2.23. The zero-order chi connectivity index (χ0) is 13.0. The van der Waals surface area contributed by atoms with Crippen LogP contribution in [0.4, 0.5) is 14.6 Å². The third kappa shape index (κ3) is 3.02. The molecule has 0 aliphatic heterocycles. The quantitative estimate of drug-likeness (QED) is 0.784. The van der Waals surface area contributed by atoms with Gasteiger partial charge in [-0.3, -0.25) is 4.79 Å². The molecule has 0 saturated heterocycles. The Hall–Kier alpha value is -1.92. The number of hydrogen-bond acceptors (Lipinski definition) is 5. The molecule has 0 saturated carbocycles. The average molecular weight is 246 g/mol. The first-order chi connectivity index (χ1) is 7.97. The van der Waals surface area contributed by atoms with E-state index in [4.69, 9.17) is 5.73 Å². The second-order valence-corrected chi connectivity index (χ2v) is 3.20. The summed E-state index contributed by atoms with van der Waals surface area (Å²) in [6.07, 6.45) is -2.46. The maximum atomic E-state index is 12.7. The number of carbonyl (C=O) groups excluding carboxylic acids is 1. The topological polar surface area (TPSA) is 85.4 Å². The standard InChI is InChI=1S/C10H12F2N2O3/c1-2-17-7(16)3-5-6(15)4-14-10(13)8(5)9(11)12/h4,9,15H,2-3H2,1H3,(H2,13,14). The molecule has 0 amide bonds. The van der Waals surface area contributed by atoms with Gasteiger partial charge in [0.15, 0.2) is 0 Å². The molecule has 1 rings (SSSR count). The number of carbonyl (C=O) groups is 1. The first-order valence-corrected chi connectivity index (χ1v) is 4.87. The van der Waals surface area contributed by atoms with E-state index in [0.717, 1.165) is 6.20 Å². The van der Waals surface area contributed by atoms with Crippen molar-refractivity contribution >= 4 is 11.8 Å². The summed E-state index contributed by atoms with van der Waals surface area (Å²) in [5.41, 5.74) is 4.42. The number of aromatic hydroxyl groups is 1. The van der Waals surface area contributed by atoms with Crippen LogP contribution >= 0.6 is 0 Å². The van der Waals surface area contributed by atoms with Crippen LogP contribution in [0.1, 0.15) is 24.5 Å². The highest BCUT2D eigenvalue weighted by atomic mass is 19.3. The molecule has 7 heteroatoms. The van der Waals surface area contributed by atoms with Gasteiger partial charge >= 0.3 is 5.97 Å². The number of alkyl halides is 2. The maximum Gasteiger partial charge on any atom is 0.310 e. The number of nitrogens with two attached hydrogens (primary N) is 1. The van der Waals surface area contributed by atoms with E-state index in [1.807, 2.05) is 0 Å². The molecule has 1 aromatic rings. The molecular weight excluding hydrogens is 234 g/mol. The number of nitrogen functional groups attached to an aromatic ring is 1. The van der Waals surface area contributed by atoms with Crippen molar-refractivity contribution in [2.45, 2.75) is 19.8 Å². The van der Waals surface area contributed by atoms with Crippen LogP contribution < -0.4 is 5.73 Å². The van der Waals surface area contributed by atoms with Crippen LogP contribution in [0.5, 0.6) is 5.75 Å². The third-order valence-electron chi connectivity index (χ3n) is 2.08. The largest absolute Gasteiger partial charge is 0.506 e. The summed E-state index contributed by atoms with van der Waals surface area (Å²) in [7, 11) is 0. The number of aromatic nitrogens is 1. The number of pyridine rings is 1. The number of halogens is 2. The summed E-state index contributed by atoms with van der Waals surface area (Å²) in [6.45, 7) is 1.72. The summed E-state index contributed by atoms with van der Waals surface area (Å²) >= 11 is 0. The predicted molar refractivity (Wildman–Crippen MR) is 55.6 cm³/mol. The number of ether oxygens (including phenoxy) is 1. The molecule has 0 bridgehead atoms. The Morgan fingerprint density at radius 3 is 2.82 bits per heavy atom. The summed E-state index contributed by atoms with van der Waals surface area (Å²) in [5, 5.41) is 9.42. The van der Waals surface area contributed by atoms with Crippen LogP contribution in [-0.4, -0.2) is 22.7 Å². The van der Waals surface area contributed by atoms with Crippen molar-refractivity contribution in [3.8, 4) is 5.75 Å². The molecule has 94 valence electrons. The zero-order valence-corrected chi connectivity index (χ0v) is 9.11. The lowest BCUT2D eigenvalue weighted by Crippen LogP contribution is -2.11. The minimum absolute atomic E-state index is 0.129. The van der Waals surface area contributed by atoms with Crippen LogP contribution in [-0.2, 0) is 16.0 Å². The number of rotatable bonds is 4. The van der Waals surface area contributed by atoms with E-state index in [9.17, 15) is 18.7 Å². The van der Waals surface area contributed by atoms with Gasteiger partial charge in [-0.25, -0.2) is 13.8 Å². The van der Waals surface area contributed by atoms with Gasteiger partial charge in [0, 0.05) is 5.56 Å². The molecule has 1 heterocycles. The molecule has 0 radical (unpaired) electrons. The smallest absolute Gasteiger partial charge is 0.310 e.